The normalized spacial score (nSPS) is 12.1. The van der Waals surface area contributed by atoms with Crippen molar-refractivity contribution in [2.24, 2.45) is 0 Å². The van der Waals surface area contributed by atoms with Crippen LogP contribution in [0.2, 0.25) is 0 Å². The summed E-state index contributed by atoms with van der Waals surface area (Å²) in [6, 6.07) is 5.48. The molecule has 0 N–H and O–H groups in total. The third kappa shape index (κ3) is 3.46. The Kier molecular flexibility index (Phi) is 5.63. The number of nitrogens with zero attached hydrogens (tertiary/aromatic N) is 1. The first kappa shape index (κ1) is 15.5. The molecule has 0 fully saturated rings. The van der Waals surface area contributed by atoms with E-state index in [1.807, 2.05) is 32.9 Å². The number of aryl methyl sites for hydroxylation is 2. The Labute approximate surface area is 115 Å². The molecule has 102 valence electrons. The summed E-state index contributed by atoms with van der Waals surface area (Å²) in [6.07, 6.45) is 0.779. The molecule has 0 unspecified atom stereocenters. The highest BCUT2D eigenvalue weighted by molar-refractivity contribution is 7.89. The lowest BCUT2D eigenvalue weighted by atomic mass is 10.2. The Morgan fingerprint density at radius 2 is 1.89 bits per heavy atom. The summed E-state index contributed by atoms with van der Waals surface area (Å²) in [5, 5.41) is 0. The molecule has 0 aliphatic rings. The number of hydrogen-bond donors (Lipinski definition) is 0. The number of halogens is 1. The molecule has 0 heterocycles. The van der Waals surface area contributed by atoms with Gasteiger partial charge < -0.3 is 0 Å². The van der Waals surface area contributed by atoms with Crippen molar-refractivity contribution in [3.05, 3.63) is 29.3 Å². The molecule has 5 heteroatoms. The van der Waals surface area contributed by atoms with Gasteiger partial charge >= 0.3 is 0 Å². The average molecular weight is 290 g/mol. The summed E-state index contributed by atoms with van der Waals surface area (Å²) in [7, 11) is -3.43. The largest absolute Gasteiger partial charge is 0.243 e. The summed E-state index contributed by atoms with van der Waals surface area (Å²) in [5.41, 5.74) is 1.72. The Morgan fingerprint density at radius 3 is 2.44 bits per heavy atom. The molecule has 0 aromatic heterocycles. The van der Waals surface area contributed by atoms with Gasteiger partial charge in [-0.05, 0) is 37.5 Å². The van der Waals surface area contributed by atoms with Crippen molar-refractivity contribution >= 4 is 21.6 Å². The Morgan fingerprint density at radius 1 is 1.22 bits per heavy atom. The van der Waals surface area contributed by atoms with Crippen molar-refractivity contribution in [3.8, 4) is 0 Å². The molecule has 3 nitrogen and oxygen atoms in total. The van der Waals surface area contributed by atoms with Crippen molar-refractivity contribution in [2.45, 2.75) is 32.1 Å². The molecule has 0 atom stereocenters. The zero-order valence-corrected chi connectivity index (χ0v) is 12.7. The molecule has 1 aromatic rings. The molecule has 0 amide bonds. The van der Waals surface area contributed by atoms with Crippen molar-refractivity contribution in [1.29, 1.82) is 0 Å². The van der Waals surface area contributed by atoms with Crippen molar-refractivity contribution in [2.75, 3.05) is 19.0 Å². The van der Waals surface area contributed by atoms with E-state index in [0.717, 1.165) is 17.5 Å². The number of alkyl halides is 1. The van der Waals surface area contributed by atoms with Crippen LogP contribution in [0.3, 0.4) is 0 Å². The first-order valence-corrected chi connectivity index (χ1v) is 8.04. The van der Waals surface area contributed by atoms with E-state index in [4.69, 9.17) is 11.6 Å². The summed E-state index contributed by atoms with van der Waals surface area (Å²) in [4.78, 5) is 0.390. The van der Waals surface area contributed by atoms with E-state index in [9.17, 15) is 8.42 Å². The average Bonchev–Trinajstić information content (AvgIpc) is 2.32. The maximum atomic E-state index is 12.6. The molecular formula is C13H20ClNO2S. The van der Waals surface area contributed by atoms with Gasteiger partial charge in [0.2, 0.25) is 10.0 Å². The molecular weight excluding hydrogens is 270 g/mol. The van der Waals surface area contributed by atoms with E-state index in [0.29, 0.717) is 23.9 Å². The third-order valence-electron chi connectivity index (χ3n) is 2.77. The number of sulfonamides is 1. The van der Waals surface area contributed by atoms with Gasteiger partial charge in [-0.25, -0.2) is 8.42 Å². The van der Waals surface area contributed by atoms with Crippen LogP contribution in [0.25, 0.3) is 0 Å². The lowest BCUT2D eigenvalue weighted by Gasteiger charge is -2.21. The van der Waals surface area contributed by atoms with E-state index < -0.39 is 10.0 Å². The maximum Gasteiger partial charge on any atom is 0.243 e. The highest BCUT2D eigenvalue weighted by Gasteiger charge is 2.24. The van der Waals surface area contributed by atoms with Gasteiger partial charge in [0.15, 0.2) is 0 Å². The quantitative estimate of drug-likeness (QED) is 0.755. The molecule has 18 heavy (non-hydrogen) atoms. The van der Waals surface area contributed by atoms with Crippen LogP contribution in [-0.2, 0) is 10.0 Å². The van der Waals surface area contributed by atoms with Gasteiger partial charge in [0, 0.05) is 19.0 Å². The molecule has 0 aliphatic carbocycles. The van der Waals surface area contributed by atoms with Gasteiger partial charge in [-0.2, -0.15) is 4.31 Å². The van der Waals surface area contributed by atoms with Gasteiger partial charge in [-0.1, -0.05) is 19.1 Å². The van der Waals surface area contributed by atoms with Gasteiger partial charge in [0.05, 0.1) is 4.90 Å². The van der Waals surface area contributed by atoms with Crippen LogP contribution in [0.4, 0.5) is 0 Å². The Bertz CT molecular complexity index is 494. The van der Waals surface area contributed by atoms with Gasteiger partial charge in [-0.15, -0.1) is 11.6 Å². The van der Waals surface area contributed by atoms with E-state index in [2.05, 4.69) is 0 Å². The van der Waals surface area contributed by atoms with E-state index in [-0.39, 0.29) is 0 Å². The summed E-state index contributed by atoms with van der Waals surface area (Å²) < 4.78 is 26.6. The number of benzene rings is 1. The van der Waals surface area contributed by atoms with Crippen LogP contribution in [-0.4, -0.2) is 31.7 Å². The van der Waals surface area contributed by atoms with Gasteiger partial charge in [0.1, 0.15) is 0 Å². The monoisotopic (exact) mass is 289 g/mol. The highest BCUT2D eigenvalue weighted by atomic mass is 35.5. The first-order valence-electron chi connectivity index (χ1n) is 6.06. The van der Waals surface area contributed by atoms with Crippen molar-refractivity contribution < 1.29 is 8.42 Å². The van der Waals surface area contributed by atoms with Crippen LogP contribution in [0.1, 0.15) is 24.5 Å². The summed E-state index contributed by atoms with van der Waals surface area (Å²) in [5.74, 6) is 0.310. The number of hydrogen-bond acceptors (Lipinski definition) is 2. The smallest absolute Gasteiger partial charge is 0.207 e. The predicted octanol–water partition coefficient (Wildman–Crippen LogP) is 2.94. The topological polar surface area (TPSA) is 37.4 Å². The fourth-order valence-corrected chi connectivity index (χ4v) is 3.97. The Balaban J connectivity index is 3.21. The molecule has 0 saturated heterocycles. The van der Waals surface area contributed by atoms with Crippen molar-refractivity contribution in [1.82, 2.24) is 4.31 Å². The second-order valence-electron chi connectivity index (χ2n) is 4.36. The zero-order chi connectivity index (χ0) is 13.8. The molecule has 0 aliphatic heterocycles. The van der Waals surface area contributed by atoms with Crippen molar-refractivity contribution in [3.63, 3.8) is 0 Å². The minimum absolute atomic E-state index is 0.310. The molecule has 0 bridgehead atoms. The van der Waals surface area contributed by atoms with Crippen LogP contribution in [0, 0.1) is 13.8 Å². The van der Waals surface area contributed by atoms with E-state index >= 15 is 0 Å². The molecule has 0 spiro atoms. The standard InChI is InChI=1S/C13H20ClNO2S/c1-4-8-15(9-7-14)18(16,17)13-10-11(2)5-6-12(13)3/h5-6,10H,4,7-9H2,1-3H3. The van der Waals surface area contributed by atoms with E-state index in [1.165, 1.54) is 4.31 Å². The van der Waals surface area contributed by atoms with E-state index in [1.54, 1.807) is 6.07 Å². The molecule has 0 radical (unpaired) electrons. The molecule has 1 aromatic carbocycles. The summed E-state index contributed by atoms with van der Waals surface area (Å²) >= 11 is 5.69. The van der Waals surface area contributed by atoms with Gasteiger partial charge in [0.25, 0.3) is 0 Å². The molecule has 0 saturated carbocycles. The molecule has 1 rings (SSSR count). The number of rotatable bonds is 6. The Hall–Kier alpha value is -0.580. The lowest BCUT2D eigenvalue weighted by Crippen LogP contribution is -2.34. The first-order chi connectivity index (χ1) is 8.43. The second kappa shape index (κ2) is 6.55. The predicted molar refractivity (Wildman–Crippen MR) is 75.7 cm³/mol. The second-order valence-corrected chi connectivity index (χ2v) is 6.65. The zero-order valence-electron chi connectivity index (χ0n) is 11.1. The van der Waals surface area contributed by atoms with Crippen LogP contribution in [0.5, 0.6) is 0 Å². The van der Waals surface area contributed by atoms with Gasteiger partial charge in [-0.3, -0.25) is 0 Å². The highest BCUT2D eigenvalue weighted by Crippen LogP contribution is 2.21. The van der Waals surface area contributed by atoms with Crippen LogP contribution in [0.15, 0.2) is 23.1 Å². The fourth-order valence-electron chi connectivity index (χ4n) is 1.82. The third-order valence-corrected chi connectivity index (χ3v) is 4.98. The van der Waals surface area contributed by atoms with Crippen LogP contribution >= 0.6 is 11.6 Å². The minimum Gasteiger partial charge on any atom is -0.207 e. The SMILES string of the molecule is CCCN(CCCl)S(=O)(=O)c1cc(C)ccc1C. The van der Waals surface area contributed by atoms with Crippen LogP contribution < -0.4 is 0 Å². The summed E-state index contributed by atoms with van der Waals surface area (Å²) in [6.45, 7) is 6.52. The maximum absolute atomic E-state index is 12.6. The minimum atomic E-state index is -3.43. The fraction of sp³-hybridized carbons (Fsp3) is 0.538. The lowest BCUT2D eigenvalue weighted by molar-refractivity contribution is 0.428.